The van der Waals surface area contributed by atoms with Crippen molar-refractivity contribution < 1.29 is 35.8 Å². The van der Waals surface area contributed by atoms with Crippen molar-refractivity contribution in [3.63, 3.8) is 0 Å². The predicted octanol–water partition coefficient (Wildman–Crippen LogP) is 7.66. The topological polar surface area (TPSA) is 60.3 Å². The van der Waals surface area contributed by atoms with E-state index < -0.39 is 12.7 Å². The second-order valence-electron chi connectivity index (χ2n) is 6.61. The number of alkyl halides is 6. The van der Waals surface area contributed by atoms with Crippen molar-refractivity contribution in [2.24, 2.45) is 0 Å². The van der Waals surface area contributed by atoms with Gasteiger partial charge >= 0.3 is 12.7 Å². The van der Waals surface area contributed by atoms with Gasteiger partial charge in [-0.15, -0.1) is 26.3 Å². The second kappa shape index (κ2) is 9.65. The number of H-pyrrole nitrogens is 1. The molecule has 174 valence electrons. The molecule has 0 radical (unpaired) electrons. The Morgan fingerprint density at radius 3 is 1.94 bits per heavy atom. The summed E-state index contributed by atoms with van der Waals surface area (Å²) in [6.07, 6.45) is -9.33. The van der Waals surface area contributed by atoms with E-state index in [2.05, 4.69) is 30.4 Å². The van der Waals surface area contributed by atoms with Gasteiger partial charge in [0, 0.05) is 26.8 Å². The molecule has 3 N–H and O–H groups in total. The molecule has 4 nitrogen and oxygen atoms in total. The van der Waals surface area contributed by atoms with Crippen molar-refractivity contribution in [3.05, 3.63) is 77.3 Å². The predicted molar refractivity (Wildman–Crippen MR) is 116 cm³/mol. The van der Waals surface area contributed by atoms with Gasteiger partial charge in [-0.2, -0.15) is 0 Å². The van der Waals surface area contributed by atoms with Crippen LogP contribution in [0.4, 0.5) is 32.0 Å². The number of benzene rings is 3. The van der Waals surface area contributed by atoms with E-state index in [1.54, 1.807) is 12.1 Å². The lowest BCUT2D eigenvalue weighted by atomic mass is 10.1. The average Bonchev–Trinajstić information content (AvgIpc) is 3.11. The summed E-state index contributed by atoms with van der Waals surface area (Å²) in [7, 11) is 0. The van der Waals surface area contributed by atoms with Crippen LogP contribution in [0.15, 0.2) is 77.3 Å². The molecule has 4 rings (SSSR count). The molecule has 3 aromatic carbocycles. The molecule has 1 aromatic heterocycles. The lowest BCUT2D eigenvalue weighted by Crippen LogP contribution is -2.16. The van der Waals surface area contributed by atoms with Crippen LogP contribution in [-0.2, 0) is 0 Å². The van der Waals surface area contributed by atoms with Crippen LogP contribution in [0.25, 0.3) is 22.2 Å². The molecule has 0 saturated carbocycles. The highest BCUT2D eigenvalue weighted by Gasteiger charge is 2.31. The van der Waals surface area contributed by atoms with E-state index >= 15 is 0 Å². The number of hydrogen-bond acceptors (Lipinski definition) is 3. The van der Waals surface area contributed by atoms with Gasteiger partial charge < -0.3 is 20.2 Å². The number of hydrogen-bond donors (Lipinski definition) is 2. The van der Waals surface area contributed by atoms with Gasteiger partial charge in [-0.05, 0) is 66.2 Å². The number of rotatable bonds is 3. The highest BCUT2D eigenvalue weighted by atomic mass is 79.9. The molecule has 11 heteroatoms. The van der Waals surface area contributed by atoms with E-state index in [4.69, 9.17) is 5.73 Å². The molecule has 0 saturated heterocycles. The van der Waals surface area contributed by atoms with E-state index in [1.165, 1.54) is 24.3 Å². The van der Waals surface area contributed by atoms with Crippen LogP contribution in [0.1, 0.15) is 0 Å². The number of nitrogen functional groups attached to an aromatic ring is 1. The molecule has 0 aliphatic rings. The quantitative estimate of drug-likeness (QED) is 0.210. The Bertz CT molecular complexity index is 1220. The van der Waals surface area contributed by atoms with Gasteiger partial charge in [0.25, 0.3) is 0 Å². The zero-order chi connectivity index (χ0) is 24.2. The summed E-state index contributed by atoms with van der Waals surface area (Å²) >= 11 is 3.39. The Kier molecular flexibility index (Phi) is 7.11. The van der Waals surface area contributed by atoms with Gasteiger partial charge in [-0.3, -0.25) is 0 Å². The summed E-state index contributed by atoms with van der Waals surface area (Å²) in [6, 6.07) is 18.6. The highest BCUT2D eigenvalue weighted by molar-refractivity contribution is 9.10. The third-order valence-corrected chi connectivity index (χ3v) is 4.57. The van der Waals surface area contributed by atoms with Gasteiger partial charge in [0.15, 0.2) is 0 Å². The Morgan fingerprint density at radius 1 is 0.727 bits per heavy atom. The molecule has 0 bridgehead atoms. The van der Waals surface area contributed by atoms with E-state index in [0.29, 0.717) is 11.1 Å². The SMILES string of the molecule is FC(F)(F)Oc1ccc2[nH]c(-c3cccc(Br)c3)cc2c1.Nc1ccc(OC(F)(F)F)cc1. The Hall–Kier alpha value is -3.34. The molecular weight excluding hydrogens is 518 g/mol. The fraction of sp³-hybridized carbons (Fsp3) is 0.0909. The van der Waals surface area contributed by atoms with E-state index in [0.717, 1.165) is 33.4 Å². The minimum absolute atomic E-state index is 0.227. The number of aromatic nitrogens is 1. The summed E-state index contributed by atoms with van der Waals surface area (Å²) in [4.78, 5) is 3.17. The van der Waals surface area contributed by atoms with Crippen molar-refractivity contribution in [1.29, 1.82) is 0 Å². The lowest BCUT2D eigenvalue weighted by molar-refractivity contribution is -0.275. The molecule has 0 atom stereocenters. The summed E-state index contributed by atoms with van der Waals surface area (Å²) in [5, 5.41) is 0.659. The van der Waals surface area contributed by atoms with Crippen molar-refractivity contribution in [2.75, 3.05) is 5.73 Å². The van der Waals surface area contributed by atoms with Gasteiger partial charge in [-0.1, -0.05) is 28.1 Å². The van der Waals surface area contributed by atoms with Crippen LogP contribution in [0.3, 0.4) is 0 Å². The molecule has 0 spiro atoms. The van der Waals surface area contributed by atoms with E-state index in [9.17, 15) is 26.3 Å². The minimum Gasteiger partial charge on any atom is -0.406 e. The monoisotopic (exact) mass is 532 g/mol. The van der Waals surface area contributed by atoms with Crippen LogP contribution in [0.5, 0.6) is 11.5 Å². The zero-order valence-corrected chi connectivity index (χ0v) is 18.1. The van der Waals surface area contributed by atoms with Crippen LogP contribution in [0.2, 0.25) is 0 Å². The molecule has 0 aliphatic heterocycles. The van der Waals surface area contributed by atoms with Crippen molar-refractivity contribution in [2.45, 2.75) is 12.7 Å². The molecule has 33 heavy (non-hydrogen) atoms. The molecule has 0 amide bonds. The lowest BCUT2D eigenvalue weighted by Gasteiger charge is -2.08. The smallest absolute Gasteiger partial charge is 0.406 e. The van der Waals surface area contributed by atoms with Gasteiger partial charge in [0.05, 0.1) is 0 Å². The summed E-state index contributed by atoms with van der Waals surface area (Å²) in [5.74, 6) is -0.494. The number of halogens is 7. The van der Waals surface area contributed by atoms with Crippen LogP contribution < -0.4 is 15.2 Å². The van der Waals surface area contributed by atoms with E-state index in [1.807, 2.05) is 24.3 Å². The zero-order valence-electron chi connectivity index (χ0n) is 16.5. The van der Waals surface area contributed by atoms with Crippen LogP contribution in [0, 0.1) is 0 Å². The number of fused-ring (bicyclic) bond motifs is 1. The third kappa shape index (κ3) is 7.63. The first-order valence-electron chi connectivity index (χ1n) is 9.14. The first-order valence-corrected chi connectivity index (χ1v) is 9.93. The normalized spacial score (nSPS) is 11.6. The number of anilines is 1. The van der Waals surface area contributed by atoms with Crippen molar-refractivity contribution >= 4 is 32.5 Å². The largest absolute Gasteiger partial charge is 0.573 e. The maximum absolute atomic E-state index is 12.2. The second-order valence-corrected chi connectivity index (χ2v) is 7.52. The molecular formula is C22H15BrF6N2O2. The minimum atomic E-state index is -4.68. The van der Waals surface area contributed by atoms with Crippen LogP contribution in [-0.4, -0.2) is 17.7 Å². The summed E-state index contributed by atoms with van der Waals surface area (Å²) in [5.41, 5.74) is 8.17. The standard InChI is InChI=1S/C15H9BrF3NO.C7H6F3NO/c16-11-3-1-2-9(6-11)14-8-10-7-12(21-15(17,18)19)4-5-13(10)20-14;8-7(9,10)12-6-3-1-5(11)2-4-6/h1-8,20H;1-4H,11H2. The maximum Gasteiger partial charge on any atom is 0.573 e. The molecule has 1 heterocycles. The van der Waals surface area contributed by atoms with Crippen LogP contribution >= 0.6 is 15.9 Å². The molecule has 4 aromatic rings. The number of aromatic amines is 1. The first-order chi connectivity index (χ1) is 15.4. The number of ether oxygens (including phenoxy) is 2. The van der Waals surface area contributed by atoms with Gasteiger partial charge in [0.1, 0.15) is 11.5 Å². The van der Waals surface area contributed by atoms with Gasteiger partial charge in [0.2, 0.25) is 0 Å². The van der Waals surface area contributed by atoms with E-state index in [-0.39, 0.29) is 11.5 Å². The Labute approximate surface area is 192 Å². The summed E-state index contributed by atoms with van der Waals surface area (Å²) < 4.78 is 79.9. The maximum atomic E-state index is 12.2. The Morgan fingerprint density at radius 2 is 1.33 bits per heavy atom. The molecule has 0 fully saturated rings. The fourth-order valence-corrected chi connectivity index (χ4v) is 3.19. The highest BCUT2D eigenvalue weighted by Crippen LogP contribution is 2.30. The Balaban J connectivity index is 0.000000218. The molecule has 0 unspecified atom stereocenters. The number of nitrogens with one attached hydrogen (secondary N) is 1. The summed E-state index contributed by atoms with van der Waals surface area (Å²) in [6.45, 7) is 0. The average molecular weight is 533 g/mol. The number of nitrogens with two attached hydrogens (primary N) is 1. The fourth-order valence-electron chi connectivity index (χ4n) is 2.79. The first kappa shape index (κ1) is 24.3. The molecule has 0 aliphatic carbocycles. The van der Waals surface area contributed by atoms with Gasteiger partial charge in [-0.25, -0.2) is 0 Å². The van der Waals surface area contributed by atoms with Crippen molar-refractivity contribution in [1.82, 2.24) is 4.98 Å². The third-order valence-electron chi connectivity index (χ3n) is 4.08. The van der Waals surface area contributed by atoms with Crippen molar-refractivity contribution in [3.8, 4) is 22.8 Å².